The standard InChI is InChI=1S/C53H33N3O2/c1-3-11-36(12-4-1)53-54-52-46-31-37(20-19-35(46)23-30-50(52)58-53)34-21-24-39(25-22-34)55(41-27-29-45-44-16-8-10-18-49(44)57-51(45)33-41)40-26-28-43-42-15-7-9-17-47(42)56(48(43)32-40)38-13-5-2-6-14-38/h1-33H. The van der Waals surface area contributed by atoms with Crippen LogP contribution < -0.4 is 4.90 Å². The Balaban J connectivity index is 1.01. The molecule has 0 bridgehead atoms. The first-order valence-corrected chi connectivity index (χ1v) is 19.5. The maximum absolute atomic E-state index is 6.43. The Morgan fingerprint density at radius 3 is 1.86 bits per heavy atom. The zero-order valence-corrected chi connectivity index (χ0v) is 31.2. The zero-order chi connectivity index (χ0) is 38.2. The Kier molecular flexibility index (Phi) is 7.16. The second kappa shape index (κ2) is 12.8. The van der Waals surface area contributed by atoms with Crippen LogP contribution in [0.1, 0.15) is 0 Å². The first kappa shape index (κ1) is 32.4. The Labute approximate surface area is 333 Å². The van der Waals surface area contributed by atoms with Crippen LogP contribution in [0, 0.1) is 0 Å². The van der Waals surface area contributed by atoms with Crippen LogP contribution in [0.15, 0.2) is 209 Å². The molecular weight excluding hydrogens is 711 g/mol. The summed E-state index contributed by atoms with van der Waals surface area (Å²) in [6, 6.07) is 70.5. The molecule has 0 spiro atoms. The zero-order valence-electron chi connectivity index (χ0n) is 31.2. The molecule has 12 aromatic rings. The van der Waals surface area contributed by atoms with Crippen molar-refractivity contribution in [1.29, 1.82) is 0 Å². The summed E-state index contributed by atoms with van der Waals surface area (Å²) in [5, 5.41) is 6.83. The lowest BCUT2D eigenvalue weighted by molar-refractivity contribution is 0.620. The van der Waals surface area contributed by atoms with Crippen LogP contribution in [-0.2, 0) is 0 Å². The van der Waals surface area contributed by atoms with Crippen molar-refractivity contribution in [3.8, 4) is 28.3 Å². The largest absolute Gasteiger partial charge is 0.456 e. The van der Waals surface area contributed by atoms with Gasteiger partial charge in [-0.3, -0.25) is 0 Å². The van der Waals surface area contributed by atoms with E-state index in [9.17, 15) is 0 Å². The maximum atomic E-state index is 6.43. The molecule has 0 aliphatic rings. The molecule has 0 aliphatic heterocycles. The highest BCUT2D eigenvalue weighted by molar-refractivity contribution is 6.11. The number of rotatable bonds is 6. The van der Waals surface area contributed by atoms with Gasteiger partial charge in [-0.1, -0.05) is 109 Å². The highest BCUT2D eigenvalue weighted by Crippen LogP contribution is 2.42. The molecule has 0 unspecified atom stereocenters. The number of aromatic nitrogens is 2. The third-order valence-electron chi connectivity index (χ3n) is 11.4. The van der Waals surface area contributed by atoms with Gasteiger partial charge in [-0.2, -0.15) is 0 Å². The van der Waals surface area contributed by atoms with E-state index in [1.54, 1.807) is 0 Å². The van der Waals surface area contributed by atoms with Gasteiger partial charge in [-0.05, 0) is 101 Å². The molecule has 272 valence electrons. The quantitative estimate of drug-likeness (QED) is 0.170. The summed E-state index contributed by atoms with van der Waals surface area (Å²) in [6.45, 7) is 0. The summed E-state index contributed by atoms with van der Waals surface area (Å²) in [6.07, 6.45) is 0. The molecule has 3 aromatic heterocycles. The maximum Gasteiger partial charge on any atom is 0.227 e. The van der Waals surface area contributed by atoms with Crippen LogP contribution in [0.4, 0.5) is 17.1 Å². The van der Waals surface area contributed by atoms with Gasteiger partial charge in [0.1, 0.15) is 16.7 Å². The highest BCUT2D eigenvalue weighted by atomic mass is 16.3. The van der Waals surface area contributed by atoms with Crippen molar-refractivity contribution in [2.75, 3.05) is 4.90 Å². The van der Waals surface area contributed by atoms with Gasteiger partial charge < -0.3 is 18.3 Å². The van der Waals surface area contributed by atoms with Gasteiger partial charge in [0.25, 0.3) is 0 Å². The Morgan fingerprint density at radius 2 is 1.02 bits per heavy atom. The fourth-order valence-corrected chi connectivity index (χ4v) is 8.65. The van der Waals surface area contributed by atoms with E-state index in [1.165, 1.54) is 16.3 Å². The van der Waals surface area contributed by atoms with E-state index >= 15 is 0 Å². The molecule has 58 heavy (non-hydrogen) atoms. The fourth-order valence-electron chi connectivity index (χ4n) is 8.65. The number of para-hydroxylation sites is 3. The minimum atomic E-state index is 0.626. The van der Waals surface area contributed by atoms with Gasteiger partial charge >= 0.3 is 0 Å². The molecule has 5 heteroatoms. The Bertz CT molecular complexity index is 3510. The van der Waals surface area contributed by atoms with Crippen molar-refractivity contribution in [2.24, 2.45) is 0 Å². The van der Waals surface area contributed by atoms with E-state index in [0.717, 1.165) is 88.8 Å². The number of furan rings is 1. The summed E-state index contributed by atoms with van der Waals surface area (Å²) in [5.74, 6) is 0.626. The van der Waals surface area contributed by atoms with Gasteiger partial charge in [0, 0.05) is 61.3 Å². The second-order valence-electron chi connectivity index (χ2n) is 14.8. The van der Waals surface area contributed by atoms with Gasteiger partial charge in [0.2, 0.25) is 5.89 Å². The SMILES string of the molecule is c1ccc(-c2nc3c(ccc4ccc(-c5ccc(N(c6ccc7c(c6)oc6ccccc67)c6ccc7c8ccccc8n(-c8ccccc8)c7c6)cc5)cc43)o2)cc1. The van der Waals surface area contributed by atoms with Crippen LogP contribution in [0.5, 0.6) is 0 Å². The van der Waals surface area contributed by atoms with E-state index in [1.807, 2.05) is 48.5 Å². The topological polar surface area (TPSA) is 47.3 Å². The molecule has 0 amide bonds. The van der Waals surface area contributed by atoms with Crippen LogP contribution in [0.2, 0.25) is 0 Å². The highest BCUT2D eigenvalue weighted by Gasteiger charge is 2.20. The number of anilines is 3. The van der Waals surface area contributed by atoms with Gasteiger partial charge in [0.15, 0.2) is 5.58 Å². The van der Waals surface area contributed by atoms with Gasteiger partial charge in [-0.25, -0.2) is 4.98 Å². The number of nitrogens with zero attached hydrogens (tertiary/aromatic N) is 3. The summed E-state index contributed by atoms with van der Waals surface area (Å²) < 4.78 is 15.0. The fraction of sp³-hybridized carbons (Fsp3) is 0. The Hall–Kier alpha value is -7.89. The van der Waals surface area contributed by atoms with Crippen molar-refractivity contribution >= 4 is 82.7 Å². The lowest BCUT2D eigenvalue weighted by Crippen LogP contribution is -2.10. The van der Waals surface area contributed by atoms with E-state index in [0.29, 0.717) is 5.89 Å². The molecule has 0 N–H and O–H groups in total. The number of benzene rings is 9. The average Bonchev–Trinajstić information content (AvgIpc) is 3.99. The lowest BCUT2D eigenvalue weighted by Gasteiger charge is -2.26. The summed E-state index contributed by atoms with van der Waals surface area (Å²) in [4.78, 5) is 7.29. The van der Waals surface area contributed by atoms with E-state index < -0.39 is 0 Å². The van der Waals surface area contributed by atoms with E-state index in [4.69, 9.17) is 13.8 Å². The first-order chi connectivity index (χ1) is 28.7. The van der Waals surface area contributed by atoms with E-state index in [-0.39, 0.29) is 0 Å². The van der Waals surface area contributed by atoms with Crippen LogP contribution in [0.3, 0.4) is 0 Å². The predicted octanol–water partition coefficient (Wildman–Crippen LogP) is 14.8. The van der Waals surface area contributed by atoms with Crippen molar-refractivity contribution in [3.63, 3.8) is 0 Å². The smallest absolute Gasteiger partial charge is 0.227 e. The molecular formula is C53H33N3O2. The number of hydrogen-bond donors (Lipinski definition) is 0. The average molecular weight is 744 g/mol. The number of fused-ring (bicyclic) bond motifs is 9. The predicted molar refractivity (Wildman–Crippen MR) is 239 cm³/mol. The molecule has 3 heterocycles. The molecule has 0 fully saturated rings. The van der Waals surface area contributed by atoms with Crippen LogP contribution in [-0.4, -0.2) is 9.55 Å². The molecule has 0 atom stereocenters. The molecule has 0 saturated carbocycles. The van der Waals surface area contributed by atoms with Crippen molar-refractivity contribution < 1.29 is 8.83 Å². The molecule has 0 aliphatic carbocycles. The van der Waals surface area contributed by atoms with Gasteiger partial charge in [-0.15, -0.1) is 0 Å². The third kappa shape index (κ3) is 5.14. The molecule has 12 rings (SSSR count). The summed E-state index contributed by atoms with van der Waals surface area (Å²) in [7, 11) is 0. The van der Waals surface area contributed by atoms with Gasteiger partial charge in [0.05, 0.1) is 11.0 Å². The molecule has 0 radical (unpaired) electrons. The molecule has 9 aromatic carbocycles. The van der Waals surface area contributed by atoms with Crippen molar-refractivity contribution in [1.82, 2.24) is 9.55 Å². The normalized spacial score (nSPS) is 11.8. The third-order valence-corrected chi connectivity index (χ3v) is 11.4. The van der Waals surface area contributed by atoms with Crippen molar-refractivity contribution in [2.45, 2.75) is 0 Å². The molecule has 0 saturated heterocycles. The summed E-state index contributed by atoms with van der Waals surface area (Å²) >= 11 is 0. The van der Waals surface area contributed by atoms with Crippen LogP contribution in [0.25, 0.3) is 93.9 Å². The molecule has 5 nitrogen and oxygen atoms in total. The minimum Gasteiger partial charge on any atom is -0.456 e. The lowest BCUT2D eigenvalue weighted by atomic mass is 10.00. The monoisotopic (exact) mass is 743 g/mol. The number of oxazole rings is 1. The van der Waals surface area contributed by atoms with Crippen molar-refractivity contribution in [3.05, 3.63) is 200 Å². The Morgan fingerprint density at radius 1 is 0.379 bits per heavy atom. The minimum absolute atomic E-state index is 0.626. The first-order valence-electron chi connectivity index (χ1n) is 19.5. The second-order valence-corrected chi connectivity index (χ2v) is 14.8. The van der Waals surface area contributed by atoms with Crippen LogP contribution >= 0.6 is 0 Å². The number of hydrogen-bond acceptors (Lipinski definition) is 4. The van der Waals surface area contributed by atoms with E-state index in [2.05, 4.69) is 161 Å². The summed E-state index contributed by atoms with van der Waals surface area (Å²) in [5.41, 5.74) is 13.1.